The zero-order valence-corrected chi connectivity index (χ0v) is 20.4. The van der Waals surface area contributed by atoms with E-state index in [2.05, 4.69) is 56.9 Å². The quantitative estimate of drug-likeness (QED) is 0.236. The molecule has 1 aromatic carbocycles. The maximum Gasteiger partial charge on any atom is 0.229 e. The fraction of sp³-hybridized carbons (Fsp3) is 0.500. The van der Waals surface area contributed by atoms with Crippen molar-refractivity contribution in [3.63, 3.8) is 0 Å². The maximum absolute atomic E-state index is 11.8. The summed E-state index contributed by atoms with van der Waals surface area (Å²) in [6, 6.07) is 5.88. The van der Waals surface area contributed by atoms with Crippen molar-refractivity contribution in [2.24, 2.45) is 11.8 Å². The predicted molar refractivity (Wildman–Crippen MR) is 129 cm³/mol. The van der Waals surface area contributed by atoms with Crippen molar-refractivity contribution in [2.45, 2.75) is 53.4 Å². The van der Waals surface area contributed by atoms with Crippen LogP contribution < -0.4 is 10.6 Å². The van der Waals surface area contributed by atoms with Gasteiger partial charge in [-0.15, -0.1) is 0 Å². The first-order valence-electron chi connectivity index (χ1n) is 9.75. The standard InChI is InChI=1S/C16H20INOS.C6H9NO2/c1-4-12(2)11-15-14(13(3)19)7-5-8-16(15)18-9-6-10-20-17;1-4-2-3-5(8)7-6(4)9/h5,7-8,12,18H,4,9,11H2,1-3H3;4H,2-3H2,1H3,(H,7,8,9). The second-order valence-electron chi connectivity index (χ2n) is 7.17. The Morgan fingerprint density at radius 2 is 2.14 bits per heavy atom. The Morgan fingerprint density at radius 3 is 2.69 bits per heavy atom. The van der Waals surface area contributed by atoms with Crippen LogP contribution in [0.2, 0.25) is 0 Å². The zero-order valence-electron chi connectivity index (χ0n) is 17.4. The van der Waals surface area contributed by atoms with Crippen LogP contribution in [0.3, 0.4) is 0 Å². The number of imide groups is 1. The van der Waals surface area contributed by atoms with E-state index in [1.807, 2.05) is 25.1 Å². The number of halogens is 1. The highest BCUT2D eigenvalue weighted by atomic mass is 127. The molecule has 1 aliphatic heterocycles. The van der Waals surface area contributed by atoms with Gasteiger partial charge in [-0.3, -0.25) is 19.7 Å². The van der Waals surface area contributed by atoms with Crippen LogP contribution >= 0.6 is 30.1 Å². The van der Waals surface area contributed by atoms with E-state index in [0.717, 1.165) is 29.7 Å². The summed E-state index contributed by atoms with van der Waals surface area (Å²) in [4.78, 5) is 33.0. The molecule has 0 aromatic heterocycles. The van der Waals surface area contributed by atoms with Gasteiger partial charge in [0, 0.05) is 44.8 Å². The Hall–Kier alpha value is -1.53. The van der Waals surface area contributed by atoms with Gasteiger partial charge in [0.2, 0.25) is 11.8 Å². The molecule has 5 nitrogen and oxygen atoms in total. The molecule has 2 unspecified atom stereocenters. The number of carbonyl (C=O) groups is 3. The summed E-state index contributed by atoms with van der Waals surface area (Å²) >= 11 is 2.15. The molecule has 0 aliphatic carbocycles. The minimum Gasteiger partial charge on any atom is -0.374 e. The van der Waals surface area contributed by atoms with Gasteiger partial charge in [-0.25, -0.2) is 0 Å². The maximum atomic E-state index is 11.8. The number of piperidine rings is 1. The molecule has 1 heterocycles. The molecule has 1 aromatic rings. The van der Waals surface area contributed by atoms with Crippen LogP contribution in [0.25, 0.3) is 0 Å². The summed E-state index contributed by atoms with van der Waals surface area (Å²) in [6.45, 7) is 8.45. The van der Waals surface area contributed by atoms with Gasteiger partial charge in [-0.05, 0) is 51.5 Å². The van der Waals surface area contributed by atoms with Crippen LogP contribution in [0.1, 0.15) is 62.9 Å². The monoisotopic (exact) mass is 528 g/mol. The van der Waals surface area contributed by atoms with Gasteiger partial charge in [0.15, 0.2) is 5.78 Å². The number of carbonyl (C=O) groups excluding carboxylic acids is 3. The number of Topliss-reactive ketones (excluding diaryl/α,β-unsaturated/α-hetero) is 1. The molecule has 1 aliphatic rings. The third kappa shape index (κ3) is 9.22. The summed E-state index contributed by atoms with van der Waals surface area (Å²) in [5.74, 6) is 3.47. The Morgan fingerprint density at radius 1 is 1.41 bits per heavy atom. The highest BCUT2D eigenvalue weighted by Crippen LogP contribution is 2.25. The van der Waals surface area contributed by atoms with E-state index in [0.29, 0.717) is 25.3 Å². The third-order valence-electron chi connectivity index (χ3n) is 4.80. The molecule has 158 valence electrons. The number of hydrogen-bond acceptors (Lipinski definition) is 5. The largest absolute Gasteiger partial charge is 0.374 e. The highest BCUT2D eigenvalue weighted by Gasteiger charge is 2.21. The van der Waals surface area contributed by atoms with Crippen molar-refractivity contribution in [1.29, 1.82) is 0 Å². The molecule has 1 saturated heterocycles. The molecular weight excluding hydrogens is 499 g/mol. The molecule has 0 spiro atoms. The average Bonchev–Trinajstić information content (AvgIpc) is 2.69. The number of hydrogen-bond donors (Lipinski definition) is 2. The van der Waals surface area contributed by atoms with E-state index < -0.39 is 0 Å². The molecule has 2 rings (SSSR count). The van der Waals surface area contributed by atoms with E-state index in [1.54, 1.807) is 6.92 Å². The van der Waals surface area contributed by atoms with Crippen LogP contribution in [-0.4, -0.2) is 24.1 Å². The number of nitrogens with one attached hydrogen (secondary N) is 2. The van der Waals surface area contributed by atoms with Gasteiger partial charge < -0.3 is 5.32 Å². The minimum absolute atomic E-state index is 0.0164. The highest BCUT2D eigenvalue weighted by molar-refractivity contribution is 14.2. The van der Waals surface area contributed by atoms with Gasteiger partial charge in [-0.2, -0.15) is 0 Å². The number of benzene rings is 1. The zero-order chi connectivity index (χ0) is 21.8. The lowest BCUT2D eigenvalue weighted by molar-refractivity contribution is -0.135. The van der Waals surface area contributed by atoms with Gasteiger partial charge in [-0.1, -0.05) is 45.2 Å². The Labute approximate surface area is 190 Å². The summed E-state index contributed by atoms with van der Waals surface area (Å²) in [5, 5.41) is 8.53. The minimum atomic E-state index is -0.141. The van der Waals surface area contributed by atoms with Crippen molar-refractivity contribution < 1.29 is 14.4 Å². The van der Waals surface area contributed by atoms with Gasteiger partial charge in [0.05, 0.1) is 6.54 Å². The fourth-order valence-electron chi connectivity index (χ4n) is 2.80. The first-order valence-corrected chi connectivity index (χ1v) is 13.1. The Bertz CT molecular complexity index is 786. The molecule has 2 atom stereocenters. The normalized spacial score (nSPS) is 16.5. The molecule has 29 heavy (non-hydrogen) atoms. The van der Waals surface area contributed by atoms with E-state index in [-0.39, 0.29) is 23.5 Å². The lowest BCUT2D eigenvalue weighted by atomic mass is 9.92. The summed E-state index contributed by atoms with van der Waals surface area (Å²) in [5.41, 5.74) is 2.98. The van der Waals surface area contributed by atoms with E-state index in [4.69, 9.17) is 0 Å². The fourth-order valence-corrected chi connectivity index (χ4v) is 3.39. The van der Waals surface area contributed by atoms with Crippen LogP contribution in [0, 0.1) is 23.0 Å². The molecule has 0 saturated carbocycles. The number of rotatable bonds is 6. The van der Waals surface area contributed by atoms with Crippen molar-refractivity contribution in [3.05, 3.63) is 29.3 Å². The molecule has 2 amide bonds. The Balaban J connectivity index is 0.000000387. The van der Waals surface area contributed by atoms with E-state index in [1.165, 1.54) is 8.93 Å². The third-order valence-corrected chi connectivity index (χ3v) is 5.68. The van der Waals surface area contributed by atoms with Gasteiger partial charge in [0.25, 0.3) is 0 Å². The molecule has 1 fully saturated rings. The molecular formula is C22H29IN2O3S. The summed E-state index contributed by atoms with van der Waals surface area (Å²) in [7, 11) is 1.48. The van der Waals surface area contributed by atoms with Gasteiger partial charge >= 0.3 is 0 Å². The number of ketones is 1. The lowest BCUT2D eigenvalue weighted by Gasteiger charge is -2.17. The molecule has 0 bridgehead atoms. The molecule has 7 heteroatoms. The number of anilines is 1. The van der Waals surface area contributed by atoms with Gasteiger partial charge in [0.1, 0.15) is 0 Å². The van der Waals surface area contributed by atoms with Crippen molar-refractivity contribution in [3.8, 4) is 11.2 Å². The smallest absolute Gasteiger partial charge is 0.229 e. The van der Waals surface area contributed by atoms with Crippen LogP contribution in [0.5, 0.6) is 0 Å². The lowest BCUT2D eigenvalue weighted by Crippen LogP contribution is -2.39. The summed E-state index contributed by atoms with van der Waals surface area (Å²) < 4.78 is 0. The molecule has 0 radical (unpaired) electrons. The number of amides is 2. The van der Waals surface area contributed by atoms with E-state index in [9.17, 15) is 14.4 Å². The second kappa shape index (κ2) is 13.6. The predicted octanol–water partition coefficient (Wildman–Crippen LogP) is 4.99. The first-order chi connectivity index (χ1) is 13.8. The first kappa shape index (κ1) is 25.5. The molecule has 2 N–H and O–H groups in total. The van der Waals surface area contributed by atoms with Crippen molar-refractivity contribution in [1.82, 2.24) is 5.32 Å². The average molecular weight is 528 g/mol. The second-order valence-corrected chi connectivity index (χ2v) is 8.85. The topological polar surface area (TPSA) is 75.3 Å². The summed E-state index contributed by atoms with van der Waals surface area (Å²) in [6.07, 6.45) is 3.22. The Kier molecular flexibility index (Phi) is 12.0. The SMILES string of the molecule is CC1CCC(=O)NC1=O.CCC(C)Cc1c(NCC#CSI)cccc1C(C)=O. The van der Waals surface area contributed by atoms with Crippen molar-refractivity contribution in [2.75, 3.05) is 11.9 Å². The van der Waals surface area contributed by atoms with Crippen LogP contribution in [0.15, 0.2) is 18.2 Å². The van der Waals surface area contributed by atoms with Crippen LogP contribution in [-0.2, 0) is 16.0 Å². The van der Waals surface area contributed by atoms with Crippen LogP contribution in [0.4, 0.5) is 5.69 Å². The van der Waals surface area contributed by atoms with Crippen molar-refractivity contribution >= 4 is 53.4 Å². The van der Waals surface area contributed by atoms with E-state index >= 15 is 0 Å².